The van der Waals surface area contributed by atoms with E-state index in [1.54, 1.807) is 12.1 Å². The van der Waals surface area contributed by atoms with Gasteiger partial charge in [-0.2, -0.15) is 0 Å². The van der Waals surface area contributed by atoms with Crippen molar-refractivity contribution < 1.29 is 9.47 Å². The molecular formula is C19H20Cl3NO2. The van der Waals surface area contributed by atoms with E-state index < -0.39 is 0 Å². The van der Waals surface area contributed by atoms with Crippen LogP contribution in [-0.4, -0.2) is 12.6 Å². The van der Waals surface area contributed by atoms with Gasteiger partial charge in [0.2, 0.25) is 0 Å². The van der Waals surface area contributed by atoms with E-state index in [9.17, 15) is 0 Å². The molecule has 0 unspecified atom stereocenters. The number of halogens is 3. The van der Waals surface area contributed by atoms with Gasteiger partial charge in [0.25, 0.3) is 0 Å². The van der Waals surface area contributed by atoms with Crippen LogP contribution in [0.5, 0.6) is 11.5 Å². The Bertz CT molecular complexity index is 748. The molecule has 0 saturated heterocycles. The first kappa shape index (κ1) is 18.7. The molecule has 3 rings (SSSR count). The third-order valence-electron chi connectivity index (χ3n) is 3.93. The molecule has 1 saturated carbocycles. The number of rotatable bonds is 8. The minimum absolute atomic E-state index is 0.287. The van der Waals surface area contributed by atoms with E-state index in [0.29, 0.717) is 39.2 Å². The van der Waals surface area contributed by atoms with Gasteiger partial charge in [-0.1, -0.05) is 40.9 Å². The molecule has 134 valence electrons. The average Bonchev–Trinajstić information content (AvgIpc) is 3.38. The third-order valence-corrected chi connectivity index (χ3v) is 4.80. The quantitative estimate of drug-likeness (QED) is 0.600. The van der Waals surface area contributed by atoms with Crippen LogP contribution in [0.4, 0.5) is 0 Å². The lowest BCUT2D eigenvalue weighted by Crippen LogP contribution is -2.15. The van der Waals surface area contributed by atoms with Crippen molar-refractivity contribution >= 4 is 34.8 Å². The van der Waals surface area contributed by atoms with E-state index in [2.05, 4.69) is 5.32 Å². The summed E-state index contributed by atoms with van der Waals surface area (Å²) in [5, 5.41) is 5.16. The number of ether oxygens (including phenoxy) is 2. The summed E-state index contributed by atoms with van der Waals surface area (Å²) in [7, 11) is 0. The van der Waals surface area contributed by atoms with E-state index >= 15 is 0 Å². The minimum atomic E-state index is 0.287. The fourth-order valence-corrected chi connectivity index (χ4v) is 3.22. The van der Waals surface area contributed by atoms with Gasteiger partial charge in [0.15, 0.2) is 11.5 Å². The highest BCUT2D eigenvalue weighted by atomic mass is 35.5. The van der Waals surface area contributed by atoms with Crippen molar-refractivity contribution in [2.75, 3.05) is 6.61 Å². The molecule has 0 radical (unpaired) electrons. The predicted octanol–water partition coefficient (Wildman–Crippen LogP) is 5.88. The van der Waals surface area contributed by atoms with Crippen molar-refractivity contribution in [3.8, 4) is 11.5 Å². The zero-order valence-corrected chi connectivity index (χ0v) is 16.2. The molecule has 2 aromatic rings. The van der Waals surface area contributed by atoms with Crippen LogP contribution in [0.25, 0.3) is 0 Å². The van der Waals surface area contributed by atoms with Gasteiger partial charge < -0.3 is 14.8 Å². The Balaban J connectivity index is 1.75. The van der Waals surface area contributed by atoms with Crippen LogP contribution < -0.4 is 14.8 Å². The fraction of sp³-hybridized carbons (Fsp3) is 0.368. The zero-order chi connectivity index (χ0) is 17.8. The molecule has 1 N–H and O–H groups in total. The Labute approximate surface area is 163 Å². The summed E-state index contributed by atoms with van der Waals surface area (Å²) < 4.78 is 11.6. The maximum Gasteiger partial charge on any atom is 0.180 e. The largest absolute Gasteiger partial charge is 0.490 e. The number of hydrogen-bond acceptors (Lipinski definition) is 3. The Morgan fingerprint density at radius 2 is 1.84 bits per heavy atom. The molecule has 1 fully saturated rings. The van der Waals surface area contributed by atoms with Crippen LogP contribution in [0.2, 0.25) is 15.1 Å². The molecule has 3 nitrogen and oxygen atoms in total. The smallest absolute Gasteiger partial charge is 0.180 e. The van der Waals surface area contributed by atoms with Crippen LogP contribution in [0.15, 0.2) is 30.3 Å². The monoisotopic (exact) mass is 399 g/mol. The molecule has 0 aliphatic heterocycles. The van der Waals surface area contributed by atoms with E-state index in [-0.39, 0.29) is 6.61 Å². The van der Waals surface area contributed by atoms with Gasteiger partial charge in [-0.05, 0) is 49.6 Å². The summed E-state index contributed by atoms with van der Waals surface area (Å²) >= 11 is 18.6. The second kappa shape index (κ2) is 8.50. The number of nitrogens with one attached hydrogen (secondary N) is 1. The van der Waals surface area contributed by atoms with E-state index in [1.807, 2.05) is 25.1 Å². The molecule has 1 aliphatic carbocycles. The lowest BCUT2D eigenvalue weighted by atomic mass is 10.2. The molecular weight excluding hydrogens is 381 g/mol. The molecule has 0 amide bonds. The van der Waals surface area contributed by atoms with Crippen LogP contribution >= 0.6 is 34.8 Å². The normalized spacial score (nSPS) is 13.8. The molecule has 0 aromatic heterocycles. The van der Waals surface area contributed by atoms with Gasteiger partial charge in [-0.15, -0.1) is 0 Å². The molecule has 1 aliphatic rings. The number of benzene rings is 2. The Morgan fingerprint density at radius 1 is 1.04 bits per heavy atom. The van der Waals surface area contributed by atoms with Crippen molar-refractivity contribution in [3.05, 3.63) is 56.5 Å². The van der Waals surface area contributed by atoms with Crippen LogP contribution in [0.3, 0.4) is 0 Å². The van der Waals surface area contributed by atoms with Crippen LogP contribution in [0, 0.1) is 0 Å². The zero-order valence-electron chi connectivity index (χ0n) is 14.0. The summed E-state index contributed by atoms with van der Waals surface area (Å²) in [4.78, 5) is 0. The Morgan fingerprint density at radius 3 is 2.52 bits per heavy atom. The standard InChI is InChI=1S/C19H20Cl3NO2/c1-2-24-18-8-12(10-23-15-5-6-15)7-17(22)19(18)25-11-13-3-4-14(20)9-16(13)21/h3-4,7-9,15,23H,2,5-6,10-11H2,1H3. The van der Waals surface area contributed by atoms with Crippen LogP contribution in [0.1, 0.15) is 30.9 Å². The average molecular weight is 401 g/mol. The predicted molar refractivity (Wildman–Crippen MR) is 103 cm³/mol. The highest BCUT2D eigenvalue weighted by Crippen LogP contribution is 2.38. The highest BCUT2D eigenvalue weighted by molar-refractivity contribution is 6.35. The molecule has 2 aromatic carbocycles. The van der Waals surface area contributed by atoms with Gasteiger partial charge >= 0.3 is 0 Å². The van der Waals surface area contributed by atoms with Crippen molar-refractivity contribution in [1.82, 2.24) is 5.32 Å². The van der Waals surface area contributed by atoms with Crippen molar-refractivity contribution in [2.45, 2.75) is 39.0 Å². The first-order valence-corrected chi connectivity index (χ1v) is 9.45. The lowest BCUT2D eigenvalue weighted by molar-refractivity contribution is 0.269. The van der Waals surface area contributed by atoms with E-state index in [4.69, 9.17) is 44.3 Å². The molecule has 0 heterocycles. The SMILES string of the molecule is CCOc1cc(CNC2CC2)cc(Cl)c1OCc1ccc(Cl)cc1Cl. The number of hydrogen-bond donors (Lipinski definition) is 1. The maximum atomic E-state index is 6.45. The fourth-order valence-electron chi connectivity index (χ4n) is 2.46. The van der Waals surface area contributed by atoms with Gasteiger partial charge in [0.05, 0.1) is 11.6 Å². The summed E-state index contributed by atoms with van der Waals surface area (Å²) in [6.45, 7) is 3.53. The molecule has 0 bridgehead atoms. The van der Waals surface area contributed by atoms with E-state index in [1.165, 1.54) is 12.8 Å². The van der Waals surface area contributed by atoms with Gasteiger partial charge in [0.1, 0.15) is 6.61 Å². The molecule has 6 heteroatoms. The van der Waals surface area contributed by atoms with Gasteiger partial charge in [-0.25, -0.2) is 0 Å². The molecule has 25 heavy (non-hydrogen) atoms. The minimum Gasteiger partial charge on any atom is -0.490 e. The lowest BCUT2D eigenvalue weighted by Gasteiger charge is -2.16. The topological polar surface area (TPSA) is 30.5 Å². The maximum absolute atomic E-state index is 6.45. The Kier molecular flexibility index (Phi) is 6.34. The van der Waals surface area contributed by atoms with Gasteiger partial charge in [0, 0.05) is 28.2 Å². The van der Waals surface area contributed by atoms with Crippen LogP contribution in [-0.2, 0) is 13.2 Å². The second-order valence-corrected chi connectivity index (χ2v) is 7.27. The summed E-state index contributed by atoms with van der Waals surface area (Å²) in [6, 6.07) is 9.84. The summed E-state index contributed by atoms with van der Waals surface area (Å²) in [5.41, 5.74) is 1.92. The summed E-state index contributed by atoms with van der Waals surface area (Å²) in [5.74, 6) is 1.18. The van der Waals surface area contributed by atoms with Crippen molar-refractivity contribution in [2.24, 2.45) is 0 Å². The van der Waals surface area contributed by atoms with Crippen molar-refractivity contribution in [1.29, 1.82) is 0 Å². The Hall–Kier alpha value is -1.13. The van der Waals surface area contributed by atoms with Gasteiger partial charge in [-0.3, -0.25) is 0 Å². The molecule has 0 atom stereocenters. The highest BCUT2D eigenvalue weighted by Gasteiger charge is 2.21. The molecule has 0 spiro atoms. The van der Waals surface area contributed by atoms with Crippen molar-refractivity contribution in [3.63, 3.8) is 0 Å². The first-order valence-electron chi connectivity index (χ1n) is 8.32. The van der Waals surface area contributed by atoms with E-state index in [0.717, 1.165) is 17.7 Å². The second-order valence-electron chi connectivity index (χ2n) is 6.02. The first-order chi connectivity index (χ1) is 12.1. The summed E-state index contributed by atoms with van der Waals surface area (Å²) in [6.07, 6.45) is 2.49. The third kappa shape index (κ3) is 5.18.